The molecule has 0 aliphatic carbocycles. The Balaban J connectivity index is 1.75. The van der Waals surface area contributed by atoms with Crippen molar-refractivity contribution in [2.75, 3.05) is 12.0 Å². The van der Waals surface area contributed by atoms with E-state index in [4.69, 9.17) is 23.2 Å². The van der Waals surface area contributed by atoms with Crippen molar-refractivity contribution in [1.29, 1.82) is 0 Å². The van der Waals surface area contributed by atoms with E-state index >= 15 is 0 Å². The maximum atomic E-state index is 6.21. The van der Waals surface area contributed by atoms with Gasteiger partial charge in [0.2, 0.25) is 0 Å². The molecular formula is C14H13Cl2N3. The van der Waals surface area contributed by atoms with Crippen LogP contribution >= 0.6 is 23.2 Å². The van der Waals surface area contributed by atoms with E-state index in [1.807, 2.05) is 18.2 Å². The SMILES string of the molecule is Clc1ccc(CN2CNc3ncccc3C2)c(Cl)c1. The van der Waals surface area contributed by atoms with E-state index in [9.17, 15) is 0 Å². The molecular weight excluding hydrogens is 281 g/mol. The Morgan fingerprint density at radius 2 is 2.16 bits per heavy atom. The number of anilines is 1. The van der Waals surface area contributed by atoms with E-state index in [1.54, 1.807) is 12.3 Å². The number of nitrogens with one attached hydrogen (secondary N) is 1. The zero-order valence-corrected chi connectivity index (χ0v) is 11.7. The maximum absolute atomic E-state index is 6.21. The second-order valence-electron chi connectivity index (χ2n) is 4.57. The van der Waals surface area contributed by atoms with Crippen molar-refractivity contribution in [3.8, 4) is 0 Å². The molecule has 1 aliphatic heterocycles. The molecule has 2 aromatic rings. The Kier molecular flexibility index (Phi) is 3.60. The third-order valence-electron chi connectivity index (χ3n) is 3.16. The molecule has 0 atom stereocenters. The summed E-state index contributed by atoms with van der Waals surface area (Å²) < 4.78 is 0. The number of nitrogens with zero attached hydrogens (tertiary/aromatic N) is 2. The molecule has 0 amide bonds. The van der Waals surface area contributed by atoms with E-state index in [1.165, 1.54) is 5.56 Å². The highest BCUT2D eigenvalue weighted by atomic mass is 35.5. The van der Waals surface area contributed by atoms with Gasteiger partial charge in [0.25, 0.3) is 0 Å². The lowest BCUT2D eigenvalue weighted by Gasteiger charge is -2.29. The zero-order chi connectivity index (χ0) is 13.2. The average Bonchev–Trinajstić information content (AvgIpc) is 2.42. The average molecular weight is 294 g/mol. The molecule has 3 rings (SSSR count). The molecule has 5 heteroatoms. The van der Waals surface area contributed by atoms with Crippen molar-refractivity contribution in [3.05, 3.63) is 57.7 Å². The van der Waals surface area contributed by atoms with Crippen molar-refractivity contribution in [2.45, 2.75) is 13.1 Å². The largest absolute Gasteiger partial charge is 0.357 e. The normalized spacial score (nSPS) is 14.8. The standard InChI is InChI=1S/C14H13Cl2N3/c15-12-4-3-10(13(16)6-12)7-19-8-11-2-1-5-17-14(11)18-9-19/h1-6H,7-9H2,(H,17,18). The van der Waals surface area contributed by atoms with Crippen LogP contribution in [0.15, 0.2) is 36.5 Å². The van der Waals surface area contributed by atoms with E-state index in [2.05, 4.69) is 21.3 Å². The Hall–Kier alpha value is -1.29. The van der Waals surface area contributed by atoms with Crippen LogP contribution in [0.4, 0.5) is 5.82 Å². The van der Waals surface area contributed by atoms with Gasteiger partial charge in [0.1, 0.15) is 5.82 Å². The molecule has 1 N–H and O–H groups in total. The first-order chi connectivity index (χ1) is 9.22. The summed E-state index contributed by atoms with van der Waals surface area (Å²) in [6.45, 7) is 2.43. The van der Waals surface area contributed by atoms with Gasteiger partial charge in [0, 0.05) is 34.9 Å². The quantitative estimate of drug-likeness (QED) is 0.913. The van der Waals surface area contributed by atoms with Crippen LogP contribution in [0.2, 0.25) is 10.0 Å². The Morgan fingerprint density at radius 3 is 3.00 bits per heavy atom. The third-order valence-corrected chi connectivity index (χ3v) is 3.75. The van der Waals surface area contributed by atoms with E-state index in [0.717, 1.165) is 31.1 Å². The third kappa shape index (κ3) is 2.84. The summed E-state index contributed by atoms with van der Waals surface area (Å²) >= 11 is 12.1. The second kappa shape index (κ2) is 5.37. The first-order valence-corrected chi connectivity index (χ1v) is 6.82. The van der Waals surface area contributed by atoms with Crippen molar-refractivity contribution in [1.82, 2.24) is 9.88 Å². The molecule has 1 aliphatic rings. The highest BCUT2D eigenvalue weighted by Crippen LogP contribution is 2.25. The molecule has 0 fully saturated rings. The second-order valence-corrected chi connectivity index (χ2v) is 5.41. The predicted molar refractivity (Wildman–Crippen MR) is 78.4 cm³/mol. The highest BCUT2D eigenvalue weighted by molar-refractivity contribution is 6.35. The van der Waals surface area contributed by atoms with Crippen molar-refractivity contribution < 1.29 is 0 Å². The summed E-state index contributed by atoms with van der Waals surface area (Å²) in [6.07, 6.45) is 1.80. The van der Waals surface area contributed by atoms with Crippen LogP contribution in [0.5, 0.6) is 0 Å². The van der Waals surface area contributed by atoms with Crippen LogP contribution in [0.3, 0.4) is 0 Å². The minimum atomic E-state index is 0.667. The van der Waals surface area contributed by atoms with E-state index < -0.39 is 0 Å². The number of pyridine rings is 1. The molecule has 98 valence electrons. The molecule has 0 saturated heterocycles. The fourth-order valence-corrected chi connectivity index (χ4v) is 2.68. The van der Waals surface area contributed by atoms with Crippen LogP contribution < -0.4 is 5.32 Å². The number of halogens is 2. The van der Waals surface area contributed by atoms with Crippen LogP contribution in [0.1, 0.15) is 11.1 Å². The van der Waals surface area contributed by atoms with Gasteiger partial charge in [-0.25, -0.2) is 4.98 Å². The molecule has 2 heterocycles. The fraction of sp³-hybridized carbons (Fsp3) is 0.214. The van der Waals surface area contributed by atoms with Crippen molar-refractivity contribution >= 4 is 29.0 Å². The summed E-state index contributed by atoms with van der Waals surface area (Å²) in [4.78, 5) is 6.59. The first kappa shape index (κ1) is 12.7. The molecule has 19 heavy (non-hydrogen) atoms. The molecule has 0 saturated carbocycles. The molecule has 0 unspecified atom stereocenters. The number of benzene rings is 1. The van der Waals surface area contributed by atoms with Gasteiger partial charge in [-0.3, -0.25) is 4.90 Å². The Bertz CT molecular complexity index is 601. The zero-order valence-electron chi connectivity index (χ0n) is 10.2. The Morgan fingerprint density at radius 1 is 1.26 bits per heavy atom. The molecule has 0 radical (unpaired) electrons. The lowest BCUT2D eigenvalue weighted by atomic mass is 10.1. The number of hydrogen-bond donors (Lipinski definition) is 1. The fourth-order valence-electron chi connectivity index (χ4n) is 2.21. The monoisotopic (exact) mass is 293 g/mol. The van der Waals surface area contributed by atoms with Crippen LogP contribution in [0, 0.1) is 0 Å². The smallest absolute Gasteiger partial charge is 0.131 e. The van der Waals surface area contributed by atoms with Gasteiger partial charge in [0.15, 0.2) is 0 Å². The van der Waals surface area contributed by atoms with Crippen LogP contribution in [0.25, 0.3) is 0 Å². The number of rotatable bonds is 2. The number of fused-ring (bicyclic) bond motifs is 1. The molecule has 0 spiro atoms. The molecule has 1 aromatic heterocycles. The summed E-state index contributed by atoms with van der Waals surface area (Å²) in [7, 11) is 0. The summed E-state index contributed by atoms with van der Waals surface area (Å²) in [5.41, 5.74) is 2.29. The minimum absolute atomic E-state index is 0.667. The minimum Gasteiger partial charge on any atom is -0.357 e. The molecule has 3 nitrogen and oxygen atoms in total. The van der Waals surface area contributed by atoms with Gasteiger partial charge in [-0.2, -0.15) is 0 Å². The van der Waals surface area contributed by atoms with Crippen LogP contribution in [-0.4, -0.2) is 16.6 Å². The number of aromatic nitrogens is 1. The summed E-state index contributed by atoms with van der Waals surface area (Å²) in [6, 6.07) is 9.68. The lowest BCUT2D eigenvalue weighted by Crippen LogP contribution is -2.33. The Labute approximate surface area is 122 Å². The van der Waals surface area contributed by atoms with Gasteiger partial charge in [-0.1, -0.05) is 35.3 Å². The van der Waals surface area contributed by atoms with Gasteiger partial charge in [0.05, 0.1) is 6.67 Å². The summed E-state index contributed by atoms with van der Waals surface area (Å²) in [5, 5.41) is 4.69. The van der Waals surface area contributed by atoms with Gasteiger partial charge < -0.3 is 5.32 Å². The van der Waals surface area contributed by atoms with Crippen molar-refractivity contribution in [3.63, 3.8) is 0 Å². The van der Waals surface area contributed by atoms with E-state index in [-0.39, 0.29) is 0 Å². The summed E-state index contributed by atoms with van der Waals surface area (Å²) in [5.74, 6) is 0.973. The van der Waals surface area contributed by atoms with Crippen molar-refractivity contribution in [2.24, 2.45) is 0 Å². The van der Waals surface area contributed by atoms with Gasteiger partial charge in [-0.15, -0.1) is 0 Å². The molecule has 0 bridgehead atoms. The molecule has 1 aromatic carbocycles. The van der Waals surface area contributed by atoms with Gasteiger partial charge in [-0.05, 0) is 23.8 Å². The highest BCUT2D eigenvalue weighted by Gasteiger charge is 2.17. The van der Waals surface area contributed by atoms with E-state index in [0.29, 0.717) is 10.0 Å². The topological polar surface area (TPSA) is 28.2 Å². The number of hydrogen-bond acceptors (Lipinski definition) is 3. The lowest BCUT2D eigenvalue weighted by molar-refractivity contribution is 0.266. The first-order valence-electron chi connectivity index (χ1n) is 6.06. The maximum Gasteiger partial charge on any atom is 0.131 e. The van der Waals surface area contributed by atoms with Gasteiger partial charge >= 0.3 is 0 Å². The predicted octanol–water partition coefficient (Wildman–Crippen LogP) is 3.77. The van der Waals surface area contributed by atoms with Crippen LogP contribution in [-0.2, 0) is 13.1 Å².